The average Bonchev–Trinajstić information content (AvgIpc) is 2.30. The van der Waals surface area contributed by atoms with E-state index in [0.29, 0.717) is 6.04 Å². The van der Waals surface area contributed by atoms with Gasteiger partial charge in [-0.15, -0.1) is 0 Å². The van der Waals surface area contributed by atoms with Crippen LogP contribution in [-0.4, -0.2) is 12.6 Å². The van der Waals surface area contributed by atoms with Gasteiger partial charge < -0.3 is 10.5 Å². The van der Waals surface area contributed by atoms with Crippen LogP contribution >= 0.6 is 0 Å². The lowest BCUT2D eigenvalue weighted by Crippen LogP contribution is -2.14. The first-order chi connectivity index (χ1) is 8.47. The SMILES string of the molecule is CCOc1cc(C)c(CCCC(C)N)c(C)c1C. The Hall–Kier alpha value is -1.02. The molecule has 2 heteroatoms. The second-order valence-electron chi connectivity index (χ2n) is 5.22. The molecular weight excluding hydrogens is 222 g/mol. The molecule has 0 radical (unpaired) electrons. The predicted octanol–water partition coefficient (Wildman–Crippen LogP) is 3.68. The smallest absolute Gasteiger partial charge is 0.122 e. The van der Waals surface area contributed by atoms with Crippen LogP contribution in [0.25, 0.3) is 0 Å². The van der Waals surface area contributed by atoms with Crippen LogP contribution in [0.2, 0.25) is 0 Å². The van der Waals surface area contributed by atoms with E-state index >= 15 is 0 Å². The fraction of sp³-hybridized carbons (Fsp3) is 0.625. The Balaban J connectivity index is 2.89. The summed E-state index contributed by atoms with van der Waals surface area (Å²) in [6.07, 6.45) is 3.37. The highest BCUT2D eigenvalue weighted by atomic mass is 16.5. The molecule has 0 bridgehead atoms. The largest absolute Gasteiger partial charge is 0.494 e. The molecule has 0 heterocycles. The van der Waals surface area contributed by atoms with Gasteiger partial charge in [-0.3, -0.25) is 0 Å². The van der Waals surface area contributed by atoms with Crippen LogP contribution in [0.15, 0.2) is 6.07 Å². The molecule has 0 amide bonds. The van der Waals surface area contributed by atoms with Crippen LogP contribution < -0.4 is 10.5 Å². The number of benzene rings is 1. The third-order valence-electron chi connectivity index (χ3n) is 3.59. The van der Waals surface area contributed by atoms with Crippen molar-refractivity contribution in [2.75, 3.05) is 6.61 Å². The maximum Gasteiger partial charge on any atom is 0.122 e. The molecule has 0 spiro atoms. The molecule has 1 aromatic rings. The molecule has 0 aliphatic heterocycles. The topological polar surface area (TPSA) is 35.2 Å². The van der Waals surface area contributed by atoms with Gasteiger partial charge in [0.05, 0.1) is 6.61 Å². The highest BCUT2D eigenvalue weighted by Crippen LogP contribution is 2.28. The normalized spacial score (nSPS) is 12.6. The van der Waals surface area contributed by atoms with Crippen LogP contribution in [0.1, 0.15) is 48.9 Å². The summed E-state index contributed by atoms with van der Waals surface area (Å²) in [5.74, 6) is 1.03. The zero-order valence-electron chi connectivity index (χ0n) is 12.5. The Morgan fingerprint density at radius 1 is 1.22 bits per heavy atom. The minimum Gasteiger partial charge on any atom is -0.494 e. The summed E-state index contributed by atoms with van der Waals surface area (Å²) >= 11 is 0. The van der Waals surface area contributed by atoms with Gasteiger partial charge >= 0.3 is 0 Å². The van der Waals surface area contributed by atoms with E-state index in [0.717, 1.165) is 31.6 Å². The molecule has 0 aromatic heterocycles. The second-order valence-corrected chi connectivity index (χ2v) is 5.22. The summed E-state index contributed by atoms with van der Waals surface area (Å²) in [4.78, 5) is 0. The number of rotatable bonds is 6. The summed E-state index contributed by atoms with van der Waals surface area (Å²) in [6, 6.07) is 2.47. The fourth-order valence-corrected chi connectivity index (χ4v) is 2.39. The van der Waals surface area contributed by atoms with Crippen LogP contribution in [0.3, 0.4) is 0 Å². The molecule has 2 N–H and O–H groups in total. The number of hydrogen-bond acceptors (Lipinski definition) is 2. The van der Waals surface area contributed by atoms with Crippen LogP contribution in [0, 0.1) is 20.8 Å². The molecule has 0 aliphatic rings. The lowest BCUT2D eigenvalue weighted by atomic mass is 9.93. The van der Waals surface area contributed by atoms with Gasteiger partial charge in [0.1, 0.15) is 5.75 Å². The summed E-state index contributed by atoms with van der Waals surface area (Å²) in [5, 5.41) is 0. The summed E-state index contributed by atoms with van der Waals surface area (Å²) in [7, 11) is 0. The Bertz CT molecular complexity index is 397. The van der Waals surface area contributed by atoms with Gasteiger partial charge in [0.25, 0.3) is 0 Å². The quantitative estimate of drug-likeness (QED) is 0.834. The zero-order chi connectivity index (χ0) is 13.7. The number of ether oxygens (including phenoxy) is 1. The lowest BCUT2D eigenvalue weighted by Gasteiger charge is -2.17. The monoisotopic (exact) mass is 249 g/mol. The molecule has 1 atom stereocenters. The molecule has 0 saturated heterocycles. The molecule has 1 rings (SSSR count). The lowest BCUT2D eigenvalue weighted by molar-refractivity contribution is 0.337. The minimum atomic E-state index is 0.300. The third-order valence-corrected chi connectivity index (χ3v) is 3.59. The molecule has 18 heavy (non-hydrogen) atoms. The average molecular weight is 249 g/mol. The zero-order valence-corrected chi connectivity index (χ0v) is 12.5. The Labute approximate surface area is 112 Å². The minimum absolute atomic E-state index is 0.300. The molecule has 0 aliphatic carbocycles. The maximum absolute atomic E-state index is 5.81. The second kappa shape index (κ2) is 6.79. The first-order valence-electron chi connectivity index (χ1n) is 6.95. The van der Waals surface area contributed by atoms with Crippen molar-refractivity contribution >= 4 is 0 Å². The van der Waals surface area contributed by atoms with Gasteiger partial charge in [-0.05, 0) is 82.2 Å². The van der Waals surface area contributed by atoms with Gasteiger partial charge in [-0.2, -0.15) is 0 Å². The van der Waals surface area contributed by atoms with E-state index in [2.05, 4.69) is 33.8 Å². The van der Waals surface area contributed by atoms with E-state index in [1.54, 1.807) is 0 Å². The molecule has 1 unspecified atom stereocenters. The van der Waals surface area contributed by atoms with E-state index in [1.807, 2.05) is 6.92 Å². The van der Waals surface area contributed by atoms with Crippen molar-refractivity contribution in [3.05, 3.63) is 28.3 Å². The van der Waals surface area contributed by atoms with Crippen molar-refractivity contribution in [1.82, 2.24) is 0 Å². The van der Waals surface area contributed by atoms with Crippen LogP contribution in [0.4, 0.5) is 0 Å². The van der Waals surface area contributed by atoms with Crippen LogP contribution in [-0.2, 0) is 6.42 Å². The number of hydrogen-bond donors (Lipinski definition) is 1. The van der Waals surface area contributed by atoms with E-state index in [9.17, 15) is 0 Å². The van der Waals surface area contributed by atoms with Gasteiger partial charge in [-0.1, -0.05) is 0 Å². The van der Waals surface area contributed by atoms with Crippen molar-refractivity contribution < 1.29 is 4.74 Å². The van der Waals surface area contributed by atoms with E-state index in [-0.39, 0.29) is 0 Å². The number of aryl methyl sites for hydroxylation is 1. The van der Waals surface area contributed by atoms with E-state index in [4.69, 9.17) is 10.5 Å². The molecule has 102 valence electrons. The maximum atomic E-state index is 5.81. The molecule has 1 aromatic carbocycles. The Morgan fingerprint density at radius 3 is 2.44 bits per heavy atom. The van der Waals surface area contributed by atoms with Gasteiger partial charge in [0, 0.05) is 6.04 Å². The highest BCUT2D eigenvalue weighted by Gasteiger charge is 2.11. The van der Waals surface area contributed by atoms with E-state index < -0.39 is 0 Å². The van der Waals surface area contributed by atoms with Gasteiger partial charge in [0.2, 0.25) is 0 Å². The summed E-state index contributed by atoms with van der Waals surface area (Å²) in [6.45, 7) is 11.4. The van der Waals surface area contributed by atoms with Crippen molar-refractivity contribution in [1.29, 1.82) is 0 Å². The predicted molar refractivity (Wildman–Crippen MR) is 78.4 cm³/mol. The van der Waals surface area contributed by atoms with Crippen molar-refractivity contribution in [3.63, 3.8) is 0 Å². The molecule has 0 fully saturated rings. The van der Waals surface area contributed by atoms with Crippen molar-refractivity contribution in [3.8, 4) is 5.75 Å². The fourth-order valence-electron chi connectivity index (χ4n) is 2.39. The van der Waals surface area contributed by atoms with Gasteiger partial charge in [0.15, 0.2) is 0 Å². The van der Waals surface area contributed by atoms with Crippen molar-refractivity contribution in [2.24, 2.45) is 5.73 Å². The molecule has 2 nitrogen and oxygen atoms in total. The molecule has 0 saturated carbocycles. The Morgan fingerprint density at radius 2 is 1.89 bits per heavy atom. The standard InChI is InChI=1S/C16H27NO/c1-6-18-16-10-11(2)15(13(4)14(16)5)9-7-8-12(3)17/h10,12H,6-9,17H2,1-5H3. The van der Waals surface area contributed by atoms with E-state index in [1.165, 1.54) is 22.3 Å². The first kappa shape index (κ1) is 15.0. The summed E-state index contributed by atoms with van der Waals surface area (Å²) in [5.41, 5.74) is 11.3. The first-order valence-corrected chi connectivity index (χ1v) is 6.95. The van der Waals surface area contributed by atoms with Crippen molar-refractivity contribution in [2.45, 2.75) is 59.9 Å². The third kappa shape index (κ3) is 3.74. The Kier molecular flexibility index (Phi) is 5.67. The highest BCUT2D eigenvalue weighted by molar-refractivity contribution is 5.48. The molecular formula is C16H27NO. The van der Waals surface area contributed by atoms with Gasteiger partial charge in [-0.25, -0.2) is 0 Å². The van der Waals surface area contributed by atoms with Crippen LogP contribution in [0.5, 0.6) is 5.75 Å². The summed E-state index contributed by atoms with van der Waals surface area (Å²) < 4.78 is 5.68. The number of nitrogens with two attached hydrogens (primary N) is 1.